The van der Waals surface area contributed by atoms with Crippen LogP contribution in [0.4, 0.5) is 0 Å². The molecule has 2 N–H and O–H groups in total. The number of halogens is 1. The van der Waals surface area contributed by atoms with Gasteiger partial charge >= 0.3 is 0 Å². The first kappa shape index (κ1) is 14.6. The maximum atomic E-state index is 9.34. The topological polar surface area (TPSA) is 41.5 Å². The van der Waals surface area contributed by atoms with Crippen LogP contribution in [0, 0.1) is 0 Å². The maximum absolute atomic E-state index is 9.34. The number of benzene rings is 2. The van der Waals surface area contributed by atoms with E-state index in [9.17, 15) is 5.11 Å². The average Bonchev–Trinajstić information content (AvgIpc) is 3.32. The third-order valence-corrected chi connectivity index (χ3v) is 4.15. The number of ether oxygens (including phenoxy) is 1. The maximum Gasteiger partial charge on any atom is 0.141 e. The third-order valence-electron chi connectivity index (χ3n) is 3.53. The first-order valence-electron chi connectivity index (χ1n) is 7.14. The van der Waals surface area contributed by atoms with E-state index in [0.29, 0.717) is 11.8 Å². The lowest BCUT2D eigenvalue weighted by molar-refractivity contribution is 0.276. The Morgan fingerprint density at radius 2 is 1.95 bits per heavy atom. The molecule has 0 bridgehead atoms. The predicted octanol–water partition coefficient (Wildman–Crippen LogP) is 3.99. The van der Waals surface area contributed by atoms with Gasteiger partial charge in [0.05, 0.1) is 11.1 Å². The van der Waals surface area contributed by atoms with E-state index in [0.717, 1.165) is 22.3 Å². The second-order valence-corrected chi connectivity index (χ2v) is 6.14. The number of rotatable bonds is 6. The van der Waals surface area contributed by atoms with E-state index < -0.39 is 0 Å². The fraction of sp³-hybridized carbons (Fsp3) is 0.294. The first-order chi connectivity index (χ1) is 10.3. The summed E-state index contributed by atoms with van der Waals surface area (Å²) in [6, 6.07) is 14.3. The summed E-state index contributed by atoms with van der Waals surface area (Å²) in [6.45, 7) is 0.855. The number of hydrogen-bond acceptors (Lipinski definition) is 3. The van der Waals surface area contributed by atoms with Gasteiger partial charge in [-0.25, -0.2) is 0 Å². The van der Waals surface area contributed by atoms with E-state index in [-0.39, 0.29) is 6.61 Å². The van der Waals surface area contributed by atoms with Crippen molar-refractivity contribution in [2.75, 3.05) is 0 Å². The smallest absolute Gasteiger partial charge is 0.141 e. The van der Waals surface area contributed by atoms with Crippen molar-refractivity contribution in [1.82, 2.24) is 5.32 Å². The lowest BCUT2D eigenvalue weighted by Gasteiger charge is -2.12. The van der Waals surface area contributed by atoms with Crippen molar-refractivity contribution in [1.29, 1.82) is 0 Å². The molecular weight excluding hydrogens is 330 g/mol. The van der Waals surface area contributed by atoms with Gasteiger partial charge in [-0.1, -0.05) is 24.3 Å². The van der Waals surface area contributed by atoms with Crippen LogP contribution in [0.15, 0.2) is 46.9 Å². The molecule has 0 aromatic heterocycles. The van der Waals surface area contributed by atoms with Gasteiger partial charge in [0.15, 0.2) is 0 Å². The zero-order chi connectivity index (χ0) is 14.7. The number of para-hydroxylation sites is 1. The van der Waals surface area contributed by atoms with Gasteiger partial charge in [0.25, 0.3) is 0 Å². The number of aliphatic hydroxyl groups is 1. The van der Waals surface area contributed by atoms with Crippen molar-refractivity contribution >= 4 is 15.9 Å². The van der Waals surface area contributed by atoms with Gasteiger partial charge in [0, 0.05) is 18.2 Å². The summed E-state index contributed by atoms with van der Waals surface area (Å²) < 4.78 is 6.82. The molecule has 0 radical (unpaired) electrons. The molecule has 2 aromatic carbocycles. The van der Waals surface area contributed by atoms with Crippen molar-refractivity contribution in [2.45, 2.75) is 32.0 Å². The molecule has 21 heavy (non-hydrogen) atoms. The SMILES string of the molecule is OCc1ccccc1Oc1ccc(CNC2CC2)cc1Br. The monoisotopic (exact) mass is 347 g/mol. The second kappa shape index (κ2) is 6.60. The van der Waals surface area contributed by atoms with Crippen LogP contribution in [0.3, 0.4) is 0 Å². The average molecular weight is 348 g/mol. The Morgan fingerprint density at radius 1 is 1.14 bits per heavy atom. The van der Waals surface area contributed by atoms with E-state index in [4.69, 9.17) is 4.74 Å². The molecule has 3 nitrogen and oxygen atoms in total. The summed E-state index contributed by atoms with van der Waals surface area (Å²) in [5.74, 6) is 1.44. The van der Waals surface area contributed by atoms with Crippen molar-refractivity contribution < 1.29 is 9.84 Å². The Kier molecular flexibility index (Phi) is 4.58. The highest BCUT2D eigenvalue weighted by Crippen LogP contribution is 2.32. The van der Waals surface area contributed by atoms with Crippen LogP contribution in [0.1, 0.15) is 24.0 Å². The number of hydrogen-bond donors (Lipinski definition) is 2. The van der Waals surface area contributed by atoms with Gasteiger partial charge in [-0.3, -0.25) is 0 Å². The van der Waals surface area contributed by atoms with Crippen LogP contribution >= 0.6 is 15.9 Å². The summed E-state index contributed by atoms with van der Waals surface area (Å²) in [5.41, 5.74) is 2.01. The lowest BCUT2D eigenvalue weighted by atomic mass is 10.2. The lowest BCUT2D eigenvalue weighted by Crippen LogP contribution is -2.15. The van der Waals surface area contributed by atoms with Crippen molar-refractivity contribution in [3.8, 4) is 11.5 Å². The first-order valence-corrected chi connectivity index (χ1v) is 7.94. The van der Waals surface area contributed by atoms with E-state index in [1.165, 1.54) is 18.4 Å². The van der Waals surface area contributed by atoms with Crippen LogP contribution in [0.5, 0.6) is 11.5 Å². The van der Waals surface area contributed by atoms with Gasteiger partial charge in [0.1, 0.15) is 11.5 Å². The molecule has 3 rings (SSSR count). The fourth-order valence-corrected chi connectivity index (χ4v) is 2.65. The molecule has 0 heterocycles. The van der Waals surface area contributed by atoms with Gasteiger partial charge in [-0.05, 0) is 52.5 Å². The molecular formula is C17H18BrNO2. The number of aliphatic hydroxyl groups excluding tert-OH is 1. The molecule has 4 heteroatoms. The summed E-state index contributed by atoms with van der Waals surface area (Å²) in [6.07, 6.45) is 2.58. The van der Waals surface area contributed by atoms with Crippen LogP contribution in [-0.2, 0) is 13.2 Å². The van der Waals surface area contributed by atoms with Crippen molar-refractivity contribution in [3.63, 3.8) is 0 Å². The summed E-state index contributed by atoms with van der Waals surface area (Å²) in [4.78, 5) is 0. The molecule has 0 saturated heterocycles. The van der Waals surface area contributed by atoms with Crippen molar-refractivity contribution in [3.05, 3.63) is 58.1 Å². The molecule has 110 valence electrons. The van der Waals surface area contributed by atoms with Gasteiger partial charge in [0.2, 0.25) is 0 Å². The van der Waals surface area contributed by atoms with E-state index >= 15 is 0 Å². The Balaban J connectivity index is 1.72. The summed E-state index contributed by atoms with van der Waals surface area (Å²) >= 11 is 3.56. The molecule has 0 amide bonds. The highest BCUT2D eigenvalue weighted by Gasteiger charge is 2.20. The molecule has 1 aliphatic rings. The fourth-order valence-electron chi connectivity index (χ4n) is 2.14. The summed E-state index contributed by atoms with van der Waals surface area (Å²) in [7, 11) is 0. The molecule has 0 atom stereocenters. The zero-order valence-corrected chi connectivity index (χ0v) is 13.3. The van der Waals surface area contributed by atoms with Gasteiger partial charge in [-0.2, -0.15) is 0 Å². The minimum atomic E-state index is -0.0306. The van der Waals surface area contributed by atoms with E-state index in [1.54, 1.807) is 0 Å². The Hall–Kier alpha value is -1.36. The Bertz CT molecular complexity index is 626. The van der Waals surface area contributed by atoms with Gasteiger partial charge in [-0.15, -0.1) is 0 Å². The molecule has 2 aromatic rings. The molecule has 1 saturated carbocycles. The molecule has 1 fully saturated rings. The predicted molar refractivity (Wildman–Crippen MR) is 86.4 cm³/mol. The highest BCUT2D eigenvalue weighted by molar-refractivity contribution is 9.10. The van der Waals surface area contributed by atoms with E-state index in [2.05, 4.69) is 33.4 Å². The van der Waals surface area contributed by atoms with Crippen LogP contribution in [-0.4, -0.2) is 11.1 Å². The summed E-state index contributed by atoms with van der Waals surface area (Å²) in [5, 5.41) is 12.8. The normalized spacial score (nSPS) is 14.2. The molecule has 1 aliphatic carbocycles. The quantitative estimate of drug-likeness (QED) is 0.830. The van der Waals surface area contributed by atoms with Crippen LogP contribution in [0.25, 0.3) is 0 Å². The number of nitrogens with one attached hydrogen (secondary N) is 1. The Morgan fingerprint density at radius 3 is 2.67 bits per heavy atom. The molecule has 0 unspecified atom stereocenters. The highest BCUT2D eigenvalue weighted by atomic mass is 79.9. The largest absolute Gasteiger partial charge is 0.456 e. The molecule has 0 spiro atoms. The standard InChI is InChI=1S/C17H18BrNO2/c18-15-9-12(10-19-14-6-7-14)5-8-17(15)21-16-4-2-1-3-13(16)11-20/h1-5,8-9,14,19-20H,6-7,10-11H2. The van der Waals surface area contributed by atoms with Gasteiger partial charge < -0.3 is 15.2 Å². The van der Waals surface area contributed by atoms with Crippen molar-refractivity contribution in [2.24, 2.45) is 0 Å². The molecule has 0 aliphatic heterocycles. The minimum absolute atomic E-state index is 0.0306. The third kappa shape index (κ3) is 3.84. The van der Waals surface area contributed by atoms with Crippen LogP contribution < -0.4 is 10.1 Å². The zero-order valence-electron chi connectivity index (χ0n) is 11.7. The van der Waals surface area contributed by atoms with E-state index in [1.807, 2.05) is 30.3 Å². The Labute approximate surface area is 133 Å². The second-order valence-electron chi connectivity index (χ2n) is 5.29. The minimum Gasteiger partial charge on any atom is -0.456 e. The van der Waals surface area contributed by atoms with Crippen LogP contribution in [0.2, 0.25) is 0 Å².